The van der Waals surface area contributed by atoms with Crippen LogP contribution in [0, 0.1) is 0 Å². The zero-order valence-corrected chi connectivity index (χ0v) is 19.8. The van der Waals surface area contributed by atoms with E-state index in [1.54, 1.807) is 21.3 Å². The summed E-state index contributed by atoms with van der Waals surface area (Å²) in [6.07, 6.45) is 1.04. The van der Waals surface area contributed by atoms with Gasteiger partial charge in [-0.3, -0.25) is 4.99 Å². The van der Waals surface area contributed by atoms with Crippen molar-refractivity contribution in [2.45, 2.75) is 19.4 Å². The predicted molar refractivity (Wildman–Crippen MR) is 124 cm³/mol. The zero-order valence-electron chi connectivity index (χ0n) is 19.8. The monoisotopic (exact) mass is 423 g/mol. The molecule has 0 saturated heterocycles. The van der Waals surface area contributed by atoms with Crippen molar-refractivity contribution in [3.05, 3.63) is 23.8 Å². The van der Waals surface area contributed by atoms with E-state index in [0.717, 1.165) is 62.2 Å². The maximum atomic E-state index is 5.47. The highest BCUT2D eigenvalue weighted by Crippen LogP contribution is 2.31. The fourth-order valence-corrected chi connectivity index (χ4v) is 3.10. The van der Waals surface area contributed by atoms with E-state index >= 15 is 0 Å². The van der Waals surface area contributed by atoms with Crippen LogP contribution in [0.25, 0.3) is 0 Å². The van der Waals surface area contributed by atoms with E-state index < -0.39 is 0 Å². The first-order chi connectivity index (χ1) is 14.5. The topological polar surface area (TPSA) is 70.6 Å². The van der Waals surface area contributed by atoms with Crippen molar-refractivity contribution in [2.75, 3.05) is 81.8 Å². The molecule has 0 bridgehead atoms. The molecule has 172 valence electrons. The molecule has 1 unspecified atom stereocenters. The van der Waals surface area contributed by atoms with Crippen molar-refractivity contribution in [3.63, 3.8) is 0 Å². The second kappa shape index (κ2) is 14.9. The Labute approximate surface area is 182 Å². The second-order valence-corrected chi connectivity index (χ2v) is 7.39. The molecule has 0 aromatic heterocycles. The van der Waals surface area contributed by atoms with Crippen molar-refractivity contribution in [3.8, 4) is 11.5 Å². The lowest BCUT2D eigenvalue weighted by Crippen LogP contribution is -2.41. The van der Waals surface area contributed by atoms with Gasteiger partial charge in [0.25, 0.3) is 0 Å². The Morgan fingerprint density at radius 3 is 2.37 bits per heavy atom. The van der Waals surface area contributed by atoms with Crippen LogP contribution in [0.15, 0.2) is 23.2 Å². The number of methoxy groups -OCH3 is 3. The lowest BCUT2D eigenvalue weighted by molar-refractivity contribution is 0.180. The molecule has 0 fully saturated rings. The van der Waals surface area contributed by atoms with Gasteiger partial charge in [0.2, 0.25) is 0 Å². The number of nitrogens with zero attached hydrogens (tertiary/aromatic N) is 3. The lowest BCUT2D eigenvalue weighted by Gasteiger charge is -2.25. The molecule has 1 aromatic rings. The molecule has 0 aliphatic heterocycles. The summed E-state index contributed by atoms with van der Waals surface area (Å²) < 4.78 is 15.9. The predicted octanol–water partition coefficient (Wildman–Crippen LogP) is 1.83. The van der Waals surface area contributed by atoms with Gasteiger partial charge in [-0.1, -0.05) is 6.07 Å². The minimum absolute atomic E-state index is 0.122. The molecule has 0 saturated carbocycles. The largest absolute Gasteiger partial charge is 0.493 e. The fourth-order valence-electron chi connectivity index (χ4n) is 3.10. The second-order valence-electron chi connectivity index (χ2n) is 7.39. The number of hydrogen-bond acceptors (Lipinski definition) is 6. The van der Waals surface area contributed by atoms with Crippen LogP contribution in [-0.4, -0.2) is 97.6 Å². The third-order valence-electron chi connectivity index (χ3n) is 4.86. The van der Waals surface area contributed by atoms with Crippen LogP contribution in [0.4, 0.5) is 0 Å². The summed E-state index contributed by atoms with van der Waals surface area (Å²) in [6, 6.07) is 6.15. The molecule has 2 N–H and O–H groups in total. The van der Waals surface area contributed by atoms with E-state index in [4.69, 9.17) is 19.2 Å². The van der Waals surface area contributed by atoms with Gasteiger partial charge < -0.3 is 34.6 Å². The molecule has 0 aliphatic carbocycles. The minimum atomic E-state index is 0.122. The third-order valence-corrected chi connectivity index (χ3v) is 4.86. The van der Waals surface area contributed by atoms with Crippen LogP contribution in [0.3, 0.4) is 0 Å². The average molecular weight is 424 g/mol. The van der Waals surface area contributed by atoms with Gasteiger partial charge in [-0.25, -0.2) is 0 Å². The summed E-state index contributed by atoms with van der Waals surface area (Å²) >= 11 is 0. The first kappa shape index (κ1) is 26.0. The van der Waals surface area contributed by atoms with Gasteiger partial charge in [-0.15, -0.1) is 0 Å². The van der Waals surface area contributed by atoms with Crippen molar-refractivity contribution in [1.29, 1.82) is 0 Å². The van der Waals surface area contributed by atoms with E-state index in [0.29, 0.717) is 6.54 Å². The molecule has 0 radical (unpaired) electrons. The Morgan fingerprint density at radius 2 is 1.77 bits per heavy atom. The van der Waals surface area contributed by atoms with E-state index in [1.807, 2.05) is 12.1 Å². The quantitative estimate of drug-likeness (QED) is 0.269. The van der Waals surface area contributed by atoms with E-state index in [-0.39, 0.29) is 6.04 Å². The first-order valence-electron chi connectivity index (χ1n) is 10.5. The zero-order chi connectivity index (χ0) is 22.4. The Balaban J connectivity index is 2.75. The van der Waals surface area contributed by atoms with Gasteiger partial charge in [0.05, 0.1) is 26.8 Å². The highest BCUT2D eigenvalue weighted by atomic mass is 16.5. The average Bonchev–Trinajstić information content (AvgIpc) is 2.73. The standard InChI is InChI=1S/C22H41N5O3/c1-8-23-22(24-12-14-27(4)13-9-15-28-5)25-17-19(26(2)3)18-10-11-20(29-6)21(16-18)30-7/h10-11,16,19H,8-9,12-15,17H2,1-7H3,(H2,23,24,25). The normalized spacial score (nSPS) is 12.9. The van der Waals surface area contributed by atoms with Crippen LogP contribution >= 0.6 is 0 Å². The summed E-state index contributed by atoms with van der Waals surface area (Å²) in [5, 5.41) is 6.76. The number of hydrogen-bond donors (Lipinski definition) is 2. The summed E-state index contributed by atoms with van der Waals surface area (Å²) in [7, 11) is 11.3. The summed E-state index contributed by atoms with van der Waals surface area (Å²) in [4.78, 5) is 9.28. The van der Waals surface area contributed by atoms with E-state index in [2.05, 4.69) is 54.6 Å². The number of nitrogens with one attached hydrogen (secondary N) is 2. The van der Waals surface area contributed by atoms with Crippen molar-refractivity contribution < 1.29 is 14.2 Å². The summed E-state index contributed by atoms with van der Waals surface area (Å²) in [5.74, 6) is 2.29. The van der Waals surface area contributed by atoms with Gasteiger partial charge in [0.15, 0.2) is 17.5 Å². The van der Waals surface area contributed by atoms with Gasteiger partial charge in [-0.2, -0.15) is 0 Å². The number of aliphatic imine (C=N–C) groups is 1. The fraction of sp³-hybridized carbons (Fsp3) is 0.682. The molecule has 30 heavy (non-hydrogen) atoms. The number of likely N-dealkylation sites (N-methyl/N-ethyl adjacent to an activating group) is 2. The van der Waals surface area contributed by atoms with Crippen LogP contribution in [0.5, 0.6) is 11.5 Å². The molecule has 0 aliphatic rings. The summed E-state index contributed by atoms with van der Waals surface area (Å²) in [5.41, 5.74) is 1.13. The molecule has 1 rings (SSSR count). The van der Waals surface area contributed by atoms with Gasteiger partial charge >= 0.3 is 0 Å². The molecular weight excluding hydrogens is 382 g/mol. The molecule has 8 heteroatoms. The Morgan fingerprint density at radius 1 is 1.03 bits per heavy atom. The molecule has 0 spiro atoms. The Hall–Kier alpha value is -2.03. The molecule has 0 heterocycles. The van der Waals surface area contributed by atoms with Gasteiger partial charge in [0, 0.05) is 39.9 Å². The van der Waals surface area contributed by atoms with E-state index in [9.17, 15) is 0 Å². The van der Waals surface area contributed by atoms with Crippen LogP contribution in [0.2, 0.25) is 0 Å². The highest BCUT2D eigenvalue weighted by molar-refractivity contribution is 5.79. The highest BCUT2D eigenvalue weighted by Gasteiger charge is 2.16. The van der Waals surface area contributed by atoms with Crippen molar-refractivity contribution in [1.82, 2.24) is 20.4 Å². The number of ether oxygens (including phenoxy) is 3. The van der Waals surface area contributed by atoms with Crippen LogP contribution in [0.1, 0.15) is 24.9 Å². The molecule has 1 aromatic carbocycles. The SMILES string of the molecule is CCNC(=NCC(c1ccc(OC)c(OC)c1)N(C)C)NCCN(C)CCCOC. The van der Waals surface area contributed by atoms with Crippen molar-refractivity contribution in [2.24, 2.45) is 4.99 Å². The number of benzene rings is 1. The number of rotatable bonds is 14. The number of guanidine groups is 1. The Bertz CT molecular complexity index is 625. The molecule has 1 atom stereocenters. The molecule has 8 nitrogen and oxygen atoms in total. The lowest BCUT2D eigenvalue weighted by atomic mass is 10.1. The molecular formula is C22H41N5O3. The smallest absolute Gasteiger partial charge is 0.191 e. The van der Waals surface area contributed by atoms with Crippen LogP contribution < -0.4 is 20.1 Å². The maximum absolute atomic E-state index is 5.47. The maximum Gasteiger partial charge on any atom is 0.191 e. The summed E-state index contributed by atoms with van der Waals surface area (Å²) in [6.45, 7) is 7.11. The van der Waals surface area contributed by atoms with Gasteiger partial charge in [0.1, 0.15) is 0 Å². The van der Waals surface area contributed by atoms with E-state index in [1.165, 1.54) is 0 Å². The molecule has 0 amide bonds. The van der Waals surface area contributed by atoms with Gasteiger partial charge in [-0.05, 0) is 52.2 Å². The third kappa shape index (κ3) is 9.19. The Kier molecular flexibility index (Phi) is 12.9. The minimum Gasteiger partial charge on any atom is -0.493 e. The van der Waals surface area contributed by atoms with Crippen molar-refractivity contribution >= 4 is 5.96 Å². The van der Waals surface area contributed by atoms with Crippen LogP contribution in [-0.2, 0) is 4.74 Å². The first-order valence-corrected chi connectivity index (χ1v) is 10.5.